The number of ether oxygens (including phenoxy) is 1. The zero-order chi connectivity index (χ0) is 17.9. The quantitative estimate of drug-likeness (QED) is 0.709. The molecule has 1 fully saturated rings. The zero-order valence-corrected chi connectivity index (χ0v) is 17.1. The number of nitrogens with zero attached hydrogens (tertiary/aromatic N) is 1. The van der Waals surface area contributed by atoms with E-state index in [1.165, 1.54) is 0 Å². The van der Waals surface area contributed by atoms with Crippen molar-refractivity contribution >= 4 is 39.3 Å². The number of halogens is 2. The lowest BCUT2D eigenvalue weighted by atomic mass is 9.98. The fourth-order valence-electron chi connectivity index (χ4n) is 2.76. The van der Waals surface area contributed by atoms with E-state index in [9.17, 15) is 4.79 Å². The van der Waals surface area contributed by atoms with Gasteiger partial charge in [-0.15, -0.1) is 0 Å². The number of carbonyl (C=O) groups is 1. The Hall–Kier alpha value is -0.940. The van der Waals surface area contributed by atoms with Crippen molar-refractivity contribution < 1.29 is 9.53 Å². The first-order chi connectivity index (χ1) is 11.2. The van der Waals surface area contributed by atoms with E-state index in [0.717, 1.165) is 53.2 Å². The summed E-state index contributed by atoms with van der Waals surface area (Å²) in [6.07, 6.45) is 1.89. The molecule has 1 unspecified atom stereocenters. The number of hydrogen-bond donors (Lipinski definition) is 1. The second-order valence-electron chi connectivity index (χ2n) is 7.40. The minimum atomic E-state index is -0.453. The molecule has 4 nitrogen and oxygen atoms in total. The molecule has 1 heterocycles. The van der Waals surface area contributed by atoms with Gasteiger partial charge in [0.2, 0.25) is 0 Å². The molecule has 0 bridgehead atoms. The zero-order valence-electron chi connectivity index (χ0n) is 14.8. The standard InChI is InChI=1S/C18H26BrClN2O2/c1-12-8-14(19)16(9-15(12)20)21-10-13-6-5-7-22(11-13)17(23)24-18(2,3)4/h8-9,13,21H,5-7,10-11H2,1-4H3. The van der Waals surface area contributed by atoms with Gasteiger partial charge in [0.15, 0.2) is 0 Å². The first-order valence-electron chi connectivity index (χ1n) is 8.33. The van der Waals surface area contributed by atoms with Crippen molar-refractivity contribution in [3.05, 3.63) is 27.2 Å². The van der Waals surface area contributed by atoms with Crippen molar-refractivity contribution in [2.75, 3.05) is 25.0 Å². The molecular formula is C18H26BrClN2O2. The molecule has 1 aliphatic heterocycles. The molecule has 1 atom stereocenters. The third-order valence-corrected chi connectivity index (χ3v) is 5.06. The molecule has 0 aliphatic carbocycles. The fraction of sp³-hybridized carbons (Fsp3) is 0.611. The number of amides is 1. The van der Waals surface area contributed by atoms with Crippen molar-refractivity contribution in [1.29, 1.82) is 0 Å². The van der Waals surface area contributed by atoms with E-state index in [0.29, 0.717) is 5.92 Å². The lowest BCUT2D eigenvalue weighted by Crippen LogP contribution is -2.44. The molecule has 1 aliphatic rings. The van der Waals surface area contributed by atoms with Gasteiger partial charge in [0.05, 0.1) is 0 Å². The number of rotatable bonds is 3. The highest BCUT2D eigenvalue weighted by molar-refractivity contribution is 9.10. The number of piperidine rings is 1. The van der Waals surface area contributed by atoms with Crippen LogP contribution in [0.1, 0.15) is 39.2 Å². The predicted molar refractivity (Wildman–Crippen MR) is 103 cm³/mol. The Bertz CT molecular complexity index is 601. The minimum Gasteiger partial charge on any atom is -0.444 e. The number of nitrogens with one attached hydrogen (secondary N) is 1. The Morgan fingerprint density at radius 1 is 1.46 bits per heavy atom. The molecular weight excluding hydrogens is 392 g/mol. The number of carbonyl (C=O) groups excluding carboxylic acids is 1. The molecule has 1 amide bonds. The van der Waals surface area contributed by atoms with Crippen LogP contribution in [-0.4, -0.2) is 36.2 Å². The summed E-state index contributed by atoms with van der Waals surface area (Å²) in [5.41, 5.74) is 1.58. The molecule has 0 spiro atoms. The van der Waals surface area contributed by atoms with Crippen molar-refractivity contribution in [3.8, 4) is 0 Å². The van der Waals surface area contributed by atoms with Gasteiger partial charge in [-0.3, -0.25) is 0 Å². The van der Waals surface area contributed by atoms with E-state index < -0.39 is 5.60 Å². The first kappa shape index (κ1) is 19.4. The van der Waals surface area contributed by atoms with Crippen LogP contribution in [0, 0.1) is 12.8 Å². The summed E-state index contributed by atoms with van der Waals surface area (Å²) < 4.78 is 6.48. The lowest BCUT2D eigenvalue weighted by molar-refractivity contribution is 0.0172. The largest absolute Gasteiger partial charge is 0.444 e. The molecule has 1 N–H and O–H groups in total. The Morgan fingerprint density at radius 3 is 2.83 bits per heavy atom. The molecule has 1 aromatic rings. The van der Waals surface area contributed by atoms with Crippen molar-refractivity contribution in [1.82, 2.24) is 4.90 Å². The van der Waals surface area contributed by atoms with Crippen molar-refractivity contribution in [2.45, 2.75) is 46.1 Å². The molecule has 134 valence electrons. The summed E-state index contributed by atoms with van der Waals surface area (Å²) in [6.45, 7) is 9.96. The number of aryl methyl sites for hydroxylation is 1. The van der Waals surface area contributed by atoms with E-state index in [4.69, 9.17) is 16.3 Å². The number of hydrogen-bond acceptors (Lipinski definition) is 3. The normalized spacial score (nSPS) is 18.4. The Labute approximate surface area is 158 Å². The van der Waals surface area contributed by atoms with Crippen LogP contribution in [-0.2, 0) is 4.74 Å². The summed E-state index contributed by atoms with van der Waals surface area (Å²) in [5, 5.41) is 4.20. The number of anilines is 1. The fourth-order valence-corrected chi connectivity index (χ4v) is 3.52. The van der Waals surface area contributed by atoms with E-state index in [2.05, 4.69) is 21.2 Å². The van der Waals surface area contributed by atoms with Gasteiger partial charge in [-0.05, 0) is 80.1 Å². The second-order valence-corrected chi connectivity index (χ2v) is 8.66. The van der Waals surface area contributed by atoms with Crippen LogP contribution in [0.3, 0.4) is 0 Å². The highest BCUT2D eigenvalue weighted by atomic mass is 79.9. The monoisotopic (exact) mass is 416 g/mol. The molecule has 24 heavy (non-hydrogen) atoms. The Kier molecular flexibility index (Phi) is 6.43. The van der Waals surface area contributed by atoms with Gasteiger partial charge < -0.3 is 15.0 Å². The summed E-state index contributed by atoms with van der Waals surface area (Å²) in [7, 11) is 0. The molecule has 0 radical (unpaired) electrons. The third kappa shape index (κ3) is 5.55. The highest BCUT2D eigenvalue weighted by Gasteiger charge is 2.27. The molecule has 6 heteroatoms. The summed E-state index contributed by atoms with van der Waals surface area (Å²) in [4.78, 5) is 14.0. The van der Waals surface area contributed by atoms with E-state index in [1.807, 2.05) is 44.7 Å². The van der Waals surface area contributed by atoms with Crippen LogP contribution in [0.5, 0.6) is 0 Å². The minimum absolute atomic E-state index is 0.216. The second kappa shape index (κ2) is 7.96. The van der Waals surface area contributed by atoms with Gasteiger partial charge in [0.1, 0.15) is 5.60 Å². The average Bonchev–Trinajstić information content (AvgIpc) is 2.48. The maximum atomic E-state index is 12.2. The molecule has 1 saturated heterocycles. The predicted octanol–water partition coefficient (Wildman–Crippen LogP) is 5.47. The van der Waals surface area contributed by atoms with Gasteiger partial charge in [-0.25, -0.2) is 4.79 Å². The molecule has 0 saturated carbocycles. The van der Waals surface area contributed by atoms with E-state index in [1.54, 1.807) is 0 Å². The number of likely N-dealkylation sites (tertiary alicyclic amines) is 1. The van der Waals surface area contributed by atoms with Gasteiger partial charge in [-0.2, -0.15) is 0 Å². The maximum absolute atomic E-state index is 12.2. The summed E-state index contributed by atoms with van der Waals surface area (Å²) >= 11 is 9.77. The van der Waals surface area contributed by atoms with Gasteiger partial charge >= 0.3 is 6.09 Å². The average molecular weight is 418 g/mol. The van der Waals surface area contributed by atoms with Crippen LogP contribution in [0.15, 0.2) is 16.6 Å². The third-order valence-electron chi connectivity index (χ3n) is 4.00. The molecule has 2 rings (SSSR count). The van der Waals surface area contributed by atoms with E-state index >= 15 is 0 Å². The van der Waals surface area contributed by atoms with E-state index in [-0.39, 0.29) is 6.09 Å². The Balaban J connectivity index is 1.92. The smallest absolute Gasteiger partial charge is 0.410 e. The van der Waals surface area contributed by atoms with Gasteiger partial charge in [0.25, 0.3) is 0 Å². The summed E-state index contributed by atoms with van der Waals surface area (Å²) in [6, 6.07) is 3.95. The summed E-state index contributed by atoms with van der Waals surface area (Å²) in [5.74, 6) is 0.401. The topological polar surface area (TPSA) is 41.6 Å². The van der Waals surface area contributed by atoms with Crippen molar-refractivity contribution in [2.24, 2.45) is 5.92 Å². The van der Waals surface area contributed by atoms with Crippen LogP contribution >= 0.6 is 27.5 Å². The highest BCUT2D eigenvalue weighted by Crippen LogP contribution is 2.30. The van der Waals surface area contributed by atoms with Gasteiger partial charge in [0, 0.05) is 34.8 Å². The molecule has 1 aromatic carbocycles. The van der Waals surface area contributed by atoms with Crippen molar-refractivity contribution in [3.63, 3.8) is 0 Å². The maximum Gasteiger partial charge on any atom is 0.410 e. The first-order valence-corrected chi connectivity index (χ1v) is 9.50. The Morgan fingerprint density at radius 2 is 2.17 bits per heavy atom. The number of benzene rings is 1. The van der Waals surface area contributed by atoms with Crippen LogP contribution in [0.25, 0.3) is 0 Å². The van der Waals surface area contributed by atoms with Gasteiger partial charge in [-0.1, -0.05) is 11.6 Å². The van der Waals surface area contributed by atoms with Crippen LogP contribution < -0.4 is 5.32 Å². The SMILES string of the molecule is Cc1cc(Br)c(NCC2CCCN(C(=O)OC(C)(C)C)C2)cc1Cl. The molecule has 0 aromatic heterocycles. The lowest BCUT2D eigenvalue weighted by Gasteiger charge is -2.34. The van der Waals surface area contributed by atoms with Crippen LogP contribution in [0.2, 0.25) is 5.02 Å². The van der Waals surface area contributed by atoms with Crippen LogP contribution in [0.4, 0.5) is 10.5 Å².